The Bertz CT molecular complexity index is 630. The minimum absolute atomic E-state index is 0.275. The molecule has 0 unspecified atom stereocenters. The molecule has 5 heteroatoms. The highest BCUT2D eigenvalue weighted by Gasteiger charge is 2.09. The van der Waals surface area contributed by atoms with Gasteiger partial charge in [0.25, 0.3) is 0 Å². The molecule has 2 aromatic rings. The molecule has 0 aliphatic heterocycles. The van der Waals surface area contributed by atoms with E-state index in [4.69, 9.17) is 5.26 Å². The minimum atomic E-state index is -0.275. The number of nitrogens with zero attached hydrogens (tertiary/aromatic N) is 3. The summed E-state index contributed by atoms with van der Waals surface area (Å²) in [7, 11) is 1.92. The molecule has 0 atom stereocenters. The van der Waals surface area contributed by atoms with Gasteiger partial charge in [0.2, 0.25) is 0 Å². The number of nitriles is 1. The van der Waals surface area contributed by atoms with Crippen LogP contribution in [0.1, 0.15) is 28.8 Å². The Morgan fingerprint density at radius 2 is 2.20 bits per heavy atom. The first-order valence-corrected chi connectivity index (χ1v) is 7.30. The van der Waals surface area contributed by atoms with Crippen LogP contribution in [0.2, 0.25) is 0 Å². The topological polar surface area (TPSA) is 39.9 Å². The number of hydrogen-bond acceptors (Lipinski definition) is 4. The smallest absolute Gasteiger partial charge is 0.127 e. The third-order valence-corrected chi connectivity index (χ3v) is 3.99. The van der Waals surface area contributed by atoms with Crippen LogP contribution in [-0.2, 0) is 19.5 Å². The third kappa shape index (κ3) is 3.62. The summed E-state index contributed by atoms with van der Waals surface area (Å²) >= 11 is 1.65. The average Bonchev–Trinajstić information content (AvgIpc) is 2.88. The molecule has 104 valence electrons. The van der Waals surface area contributed by atoms with Crippen LogP contribution < -0.4 is 0 Å². The molecule has 0 spiro atoms. The first-order valence-electron chi connectivity index (χ1n) is 6.42. The molecule has 2 rings (SSSR count). The van der Waals surface area contributed by atoms with Crippen molar-refractivity contribution < 1.29 is 4.39 Å². The lowest BCUT2D eigenvalue weighted by molar-refractivity contribution is 0.310. The lowest BCUT2D eigenvalue weighted by Crippen LogP contribution is -2.18. The van der Waals surface area contributed by atoms with Gasteiger partial charge in [-0.2, -0.15) is 5.26 Å². The number of thiazole rings is 1. The molecule has 0 saturated carbocycles. The predicted octanol–water partition coefficient (Wildman–Crippen LogP) is 3.35. The van der Waals surface area contributed by atoms with Crippen LogP contribution in [0.4, 0.5) is 4.39 Å². The van der Waals surface area contributed by atoms with Crippen LogP contribution in [0.25, 0.3) is 0 Å². The Morgan fingerprint density at radius 3 is 2.85 bits per heavy atom. The van der Waals surface area contributed by atoms with Crippen LogP contribution in [0, 0.1) is 17.1 Å². The average molecular weight is 289 g/mol. The Hall–Kier alpha value is -1.77. The fourth-order valence-electron chi connectivity index (χ4n) is 1.97. The molecular weight excluding hydrogens is 273 g/mol. The summed E-state index contributed by atoms with van der Waals surface area (Å²) in [6, 6.07) is 6.47. The van der Waals surface area contributed by atoms with Gasteiger partial charge in [-0.25, -0.2) is 9.37 Å². The second-order valence-corrected chi connectivity index (χ2v) is 5.62. The SMILES string of the molecule is CCc1nc(CN(C)Cc2cc(C#N)ccc2F)cs1. The summed E-state index contributed by atoms with van der Waals surface area (Å²) in [5, 5.41) is 12.0. The molecular formula is C15H16FN3S. The molecule has 1 aromatic carbocycles. The van der Waals surface area contributed by atoms with Crippen molar-refractivity contribution in [1.29, 1.82) is 5.26 Å². The van der Waals surface area contributed by atoms with Crippen molar-refractivity contribution in [3.05, 3.63) is 51.2 Å². The van der Waals surface area contributed by atoms with E-state index in [0.717, 1.165) is 17.1 Å². The van der Waals surface area contributed by atoms with Gasteiger partial charge in [0.1, 0.15) is 5.82 Å². The maximum absolute atomic E-state index is 13.7. The quantitative estimate of drug-likeness (QED) is 0.847. The molecule has 0 fully saturated rings. The number of halogens is 1. The fraction of sp³-hybridized carbons (Fsp3) is 0.333. The molecule has 0 aliphatic carbocycles. The van der Waals surface area contributed by atoms with E-state index in [1.54, 1.807) is 17.4 Å². The number of rotatable bonds is 5. The van der Waals surface area contributed by atoms with Crippen molar-refractivity contribution >= 4 is 11.3 Å². The summed E-state index contributed by atoms with van der Waals surface area (Å²) in [4.78, 5) is 6.49. The maximum atomic E-state index is 13.7. The van der Waals surface area contributed by atoms with Crippen molar-refractivity contribution in [2.75, 3.05) is 7.05 Å². The minimum Gasteiger partial charge on any atom is -0.296 e. The highest BCUT2D eigenvalue weighted by Crippen LogP contribution is 2.15. The third-order valence-electron chi connectivity index (χ3n) is 2.95. The van der Waals surface area contributed by atoms with Crippen LogP contribution in [0.5, 0.6) is 0 Å². The van der Waals surface area contributed by atoms with Crippen LogP contribution in [0.3, 0.4) is 0 Å². The second kappa shape index (κ2) is 6.60. The number of aryl methyl sites for hydroxylation is 1. The van der Waals surface area contributed by atoms with Gasteiger partial charge in [-0.1, -0.05) is 6.92 Å². The Morgan fingerprint density at radius 1 is 1.40 bits per heavy atom. The Balaban J connectivity index is 2.04. The Labute approximate surface area is 122 Å². The molecule has 0 bridgehead atoms. The van der Waals surface area contributed by atoms with E-state index in [2.05, 4.69) is 11.9 Å². The largest absolute Gasteiger partial charge is 0.296 e. The van der Waals surface area contributed by atoms with Gasteiger partial charge in [-0.3, -0.25) is 4.90 Å². The molecule has 0 amide bonds. The lowest BCUT2D eigenvalue weighted by Gasteiger charge is -2.16. The van der Waals surface area contributed by atoms with Gasteiger partial charge in [0, 0.05) is 24.0 Å². The van der Waals surface area contributed by atoms with E-state index in [1.807, 2.05) is 23.4 Å². The first kappa shape index (κ1) is 14.6. The fourth-order valence-corrected chi connectivity index (χ4v) is 2.71. The van der Waals surface area contributed by atoms with E-state index in [-0.39, 0.29) is 5.82 Å². The summed E-state index contributed by atoms with van der Waals surface area (Å²) < 4.78 is 13.7. The molecule has 1 aromatic heterocycles. The number of aromatic nitrogens is 1. The van der Waals surface area contributed by atoms with Crippen molar-refractivity contribution in [3.63, 3.8) is 0 Å². The van der Waals surface area contributed by atoms with Gasteiger partial charge in [-0.15, -0.1) is 11.3 Å². The first-order chi connectivity index (χ1) is 9.62. The highest BCUT2D eigenvalue weighted by atomic mass is 32.1. The monoisotopic (exact) mass is 289 g/mol. The van der Waals surface area contributed by atoms with Gasteiger partial charge >= 0.3 is 0 Å². The zero-order chi connectivity index (χ0) is 14.5. The lowest BCUT2D eigenvalue weighted by atomic mass is 10.1. The number of benzene rings is 1. The predicted molar refractivity (Wildman–Crippen MR) is 77.8 cm³/mol. The molecule has 20 heavy (non-hydrogen) atoms. The summed E-state index contributed by atoms with van der Waals surface area (Å²) in [5.74, 6) is -0.275. The standard InChI is InChI=1S/C15H16FN3S/c1-3-15-18-13(10-20-15)9-19(2)8-12-6-11(7-17)4-5-14(12)16/h4-6,10H,3,8-9H2,1-2H3. The molecule has 0 saturated heterocycles. The van der Waals surface area contributed by atoms with Crippen molar-refractivity contribution in [3.8, 4) is 6.07 Å². The molecule has 1 heterocycles. The molecule has 0 radical (unpaired) electrons. The molecule has 0 N–H and O–H groups in total. The van der Waals surface area contributed by atoms with E-state index < -0.39 is 0 Å². The summed E-state index contributed by atoms with van der Waals surface area (Å²) in [6.45, 7) is 3.21. The zero-order valence-electron chi connectivity index (χ0n) is 11.6. The second-order valence-electron chi connectivity index (χ2n) is 4.68. The Kier molecular flexibility index (Phi) is 4.83. The van der Waals surface area contributed by atoms with E-state index >= 15 is 0 Å². The van der Waals surface area contributed by atoms with Crippen molar-refractivity contribution in [2.45, 2.75) is 26.4 Å². The van der Waals surface area contributed by atoms with Crippen LogP contribution >= 0.6 is 11.3 Å². The van der Waals surface area contributed by atoms with Crippen molar-refractivity contribution in [2.24, 2.45) is 0 Å². The summed E-state index contributed by atoms with van der Waals surface area (Å²) in [6.07, 6.45) is 0.938. The van der Waals surface area contributed by atoms with E-state index in [0.29, 0.717) is 24.2 Å². The normalized spacial score (nSPS) is 10.8. The van der Waals surface area contributed by atoms with E-state index in [1.165, 1.54) is 12.1 Å². The molecule has 0 aliphatic rings. The highest BCUT2D eigenvalue weighted by molar-refractivity contribution is 7.09. The van der Waals surface area contributed by atoms with Crippen molar-refractivity contribution in [1.82, 2.24) is 9.88 Å². The zero-order valence-corrected chi connectivity index (χ0v) is 12.4. The summed E-state index contributed by atoms with van der Waals surface area (Å²) in [5.41, 5.74) is 2.03. The van der Waals surface area contributed by atoms with Gasteiger partial charge in [-0.05, 0) is 31.7 Å². The molecule has 3 nitrogen and oxygen atoms in total. The van der Waals surface area contributed by atoms with Gasteiger partial charge in [0.15, 0.2) is 0 Å². The van der Waals surface area contributed by atoms with Gasteiger partial charge < -0.3 is 0 Å². The van der Waals surface area contributed by atoms with Crippen LogP contribution in [-0.4, -0.2) is 16.9 Å². The maximum Gasteiger partial charge on any atom is 0.127 e. The van der Waals surface area contributed by atoms with Gasteiger partial charge in [0.05, 0.1) is 22.3 Å². The number of hydrogen-bond donors (Lipinski definition) is 0. The van der Waals surface area contributed by atoms with E-state index in [9.17, 15) is 4.39 Å². The van der Waals surface area contributed by atoms with Crippen LogP contribution in [0.15, 0.2) is 23.6 Å².